The molecule has 0 bridgehead atoms. The Morgan fingerprint density at radius 2 is 2.04 bits per heavy atom. The van der Waals surface area contributed by atoms with Gasteiger partial charge in [0, 0.05) is 24.3 Å². The van der Waals surface area contributed by atoms with Gasteiger partial charge >= 0.3 is 5.97 Å². The molecule has 1 aromatic heterocycles. The Hall–Kier alpha value is -2.63. The highest BCUT2D eigenvalue weighted by Gasteiger charge is 2.18. The number of aromatic nitrogens is 2. The van der Waals surface area contributed by atoms with Gasteiger partial charge < -0.3 is 10.4 Å². The molecular weight excluding hydrogens is 306 g/mol. The molecule has 0 unspecified atom stereocenters. The average molecular weight is 329 g/mol. The summed E-state index contributed by atoms with van der Waals surface area (Å²) >= 11 is 0. The lowest BCUT2D eigenvalue weighted by Gasteiger charge is -2.08. The van der Waals surface area contributed by atoms with Crippen molar-refractivity contribution in [1.29, 1.82) is 0 Å². The van der Waals surface area contributed by atoms with E-state index in [4.69, 9.17) is 5.11 Å². The molecule has 24 heavy (non-hydrogen) atoms. The zero-order valence-corrected chi connectivity index (χ0v) is 14.3. The Labute approximate surface area is 141 Å². The van der Waals surface area contributed by atoms with Crippen LogP contribution < -0.4 is 5.32 Å². The molecule has 6 heteroatoms. The highest BCUT2D eigenvalue weighted by Crippen LogP contribution is 2.18. The number of carbonyl (C=O) groups excluding carboxylic acids is 1. The SMILES string of the molecule is CCCn1nc(C)c(C(=O)Nc2cccc(CCC(=O)O)c2)c1C. The number of aliphatic carboxylic acids is 1. The molecule has 0 aliphatic carbocycles. The zero-order valence-electron chi connectivity index (χ0n) is 14.3. The van der Waals surface area contributed by atoms with Gasteiger partial charge in [0.15, 0.2) is 0 Å². The van der Waals surface area contributed by atoms with Crippen molar-refractivity contribution in [2.24, 2.45) is 0 Å². The number of anilines is 1. The van der Waals surface area contributed by atoms with E-state index in [0.29, 0.717) is 23.4 Å². The fourth-order valence-corrected chi connectivity index (χ4v) is 2.70. The molecule has 0 aliphatic heterocycles. The molecular formula is C18H23N3O3. The van der Waals surface area contributed by atoms with Gasteiger partial charge in [-0.3, -0.25) is 14.3 Å². The first-order chi connectivity index (χ1) is 11.4. The molecule has 2 rings (SSSR count). The lowest BCUT2D eigenvalue weighted by Crippen LogP contribution is -2.14. The molecule has 1 amide bonds. The maximum Gasteiger partial charge on any atom is 0.303 e. The van der Waals surface area contributed by atoms with Gasteiger partial charge in [-0.2, -0.15) is 5.10 Å². The van der Waals surface area contributed by atoms with Gasteiger partial charge in [0.1, 0.15) is 0 Å². The van der Waals surface area contributed by atoms with Gasteiger partial charge in [-0.1, -0.05) is 19.1 Å². The van der Waals surface area contributed by atoms with E-state index in [1.807, 2.05) is 36.7 Å². The van der Waals surface area contributed by atoms with E-state index < -0.39 is 5.97 Å². The van der Waals surface area contributed by atoms with Gasteiger partial charge in [-0.25, -0.2) is 0 Å². The topological polar surface area (TPSA) is 84.2 Å². The standard InChI is InChI=1S/C18H23N3O3/c1-4-10-21-13(3)17(12(2)20-21)18(24)19-15-7-5-6-14(11-15)8-9-16(22)23/h5-7,11H,4,8-10H2,1-3H3,(H,19,24)(H,22,23). The van der Waals surface area contributed by atoms with Gasteiger partial charge in [0.2, 0.25) is 0 Å². The van der Waals surface area contributed by atoms with Crippen molar-refractivity contribution in [1.82, 2.24) is 9.78 Å². The lowest BCUT2D eigenvalue weighted by molar-refractivity contribution is -0.136. The van der Waals surface area contributed by atoms with Crippen molar-refractivity contribution in [2.75, 3.05) is 5.32 Å². The van der Waals surface area contributed by atoms with Crippen LogP contribution in [-0.4, -0.2) is 26.8 Å². The van der Waals surface area contributed by atoms with Crippen LogP contribution in [0.1, 0.15) is 47.1 Å². The minimum absolute atomic E-state index is 0.0689. The zero-order chi connectivity index (χ0) is 17.7. The summed E-state index contributed by atoms with van der Waals surface area (Å²) in [6.45, 7) is 6.58. The fraction of sp³-hybridized carbons (Fsp3) is 0.389. The van der Waals surface area contributed by atoms with Gasteiger partial charge in [-0.15, -0.1) is 0 Å². The fourth-order valence-electron chi connectivity index (χ4n) is 2.70. The second-order valence-electron chi connectivity index (χ2n) is 5.82. The van der Waals surface area contributed by atoms with Crippen LogP contribution in [0.25, 0.3) is 0 Å². The number of carboxylic acids is 1. The summed E-state index contributed by atoms with van der Waals surface area (Å²) < 4.78 is 1.85. The maximum atomic E-state index is 12.6. The number of nitrogens with zero attached hydrogens (tertiary/aromatic N) is 2. The molecule has 1 aromatic carbocycles. The summed E-state index contributed by atoms with van der Waals surface area (Å²) in [6.07, 6.45) is 1.46. The third-order valence-corrected chi connectivity index (χ3v) is 3.86. The van der Waals surface area contributed by atoms with Crippen LogP contribution in [-0.2, 0) is 17.8 Å². The van der Waals surface area contributed by atoms with Crippen LogP contribution in [0, 0.1) is 13.8 Å². The summed E-state index contributed by atoms with van der Waals surface area (Å²) in [4.78, 5) is 23.3. The monoisotopic (exact) mass is 329 g/mol. The summed E-state index contributed by atoms with van der Waals surface area (Å²) in [5.41, 5.74) is 3.70. The summed E-state index contributed by atoms with van der Waals surface area (Å²) in [5, 5.41) is 16.1. The van der Waals surface area contributed by atoms with Gasteiger partial charge in [-0.05, 0) is 44.4 Å². The van der Waals surface area contributed by atoms with E-state index in [1.165, 1.54) is 0 Å². The van der Waals surface area contributed by atoms with Crippen molar-refractivity contribution >= 4 is 17.6 Å². The summed E-state index contributed by atoms with van der Waals surface area (Å²) in [6, 6.07) is 7.27. The van der Waals surface area contributed by atoms with E-state index in [9.17, 15) is 9.59 Å². The molecule has 128 valence electrons. The van der Waals surface area contributed by atoms with Crippen molar-refractivity contribution < 1.29 is 14.7 Å². The first kappa shape index (κ1) is 17.7. The predicted molar refractivity (Wildman–Crippen MR) is 92.3 cm³/mol. The molecule has 1 heterocycles. The van der Waals surface area contributed by atoms with E-state index in [1.54, 1.807) is 6.07 Å². The molecule has 0 atom stereocenters. The quantitative estimate of drug-likeness (QED) is 0.817. The number of rotatable bonds is 7. The molecule has 0 spiro atoms. The molecule has 2 N–H and O–H groups in total. The summed E-state index contributed by atoms with van der Waals surface area (Å²) in [7, 11) is 0. The molecule has 0 fully saturated rings. The van der Waals surface area contributed by atoms with Crippen molar-refractivity contribution in [3.63, 3.8) is 0 Å². The molecule has 0 radical (unpaired) electrons. The minimum atomic E-state index is -0.834. The van der Waals surface area contributed by atoms with Crippen molar-refractivity contribution in [3.05, 3.63) is 46.8 Å². The van der Waals surface area contributed by atoms with Crippen LogP contribution >= 0.6 is 0 Å². The third-order valence-electron chi connectivity index (χ3n) is 3.86. The highest BCUT2D eigenvalue weighted by molar-refractivity contribution is 6.05. The normalized spacial score (nSPS) is 10.6. The Morgan fingerprint density at radius 3 is 2.71 bits per heavy atom. The van der Waals surface area contributed by atoms with Crippen LogP contribution in [0.4, 0.5) is 5.69 Å². The number of amides is 1. The molecule has 0 saturated heterocycles. The molecule has 2 aromatic rings. The number of hydrogen-bond acceptors (Lipinski definition) is 3. The highest BCUT2D eigenvalue weighted by atomic mass is 16.4. The number of carboxylic acid groups (broad SMARTS) is 1. The van der Waals surface area contributed by atoms with E-state index in [2.05, 4.69) is 17.3 Å². The summed E-state index contributed by atoms with van der Waals surface area (Å²) in [5.74, 6) is -1.03. The largest absolute Gasteiger partial charge is 0.481 e. The predicted octanol–water partition coefficient (Wildman–Crippen LogP) is 3.18. The number of aryl methyl sites for hydroxylation is 3. The first-order valence-corrected chi connectivity index (χ1v) is 8.08. The number of hydrogen-bond donors (Lipinski definition) is 2. The maximum absolute atomic E-state index is 12.6. The molecule has 0 saturated carbocycles. The minimum Gasteiger partial charge on any atom is -0.481 e. The third kappa shape index (κ3) is 4.22. The molecule has 0 aliphatic rings. The van der Waals surface area contributed by atoms with E-state index in [0.717, 1.165) is 24.2 Å². The van der Waals surface area contributed by atoms with Crippen LogP contribution in [0.15, 0.2) is 24.3 Å². The number of carbonyl (C=O) groups is 2. The Bertz CT molecular complexity index is 750. The average Bonchev–Trinajstić information content (AvgIpc) is 2.80. The smallest absolute Gasteiger partial charge is 0.303 e. The first-order valence-electron chi connectivity index (χ1n) is 8.08. The number of benzene rings is 1. The van der Waals surface area contributed by atoms with Crippen molar-refractivity contribution in [3.8, 4) is 0 Å². The van der Waals surface area contributed by atoms with Crippen LogP contribution in [0.2, 0.25) is 0 Å². The van der Waals surface area contributed by atoms with Crippen molar-refractivity contribution in [2.45, 2.75) is 46.6 Å². The Morgan fingerprint density at radius 1 is 1.29 bits per heavy atom. The van der Waals surface area contributed by atoms with Gasteiger partial charge in [0.05, 0.1) is 11.3 Å². The second kappa shape index (κ2) is 7.77. The Balaban J connectivity index is 2.15. The van der Waals surface area contributed by atoms with Gasteiger partial charge in [0.25, 0.3) is 5.91 Å². The van der Waals surface area contributed by atoms with E-state index in [-0.39, 0.29) is 12.3 Å². The number of nitrogens with one attached hydrogen (secondary N) is 1. The second-order valence-corrected chi connectivity index (χ2v) is 5.82. The molecule has 6 nitrogen and oxygen atoms in total. The van der Waals surface area contributed by atoms with Crippen LogP contribution in [0.5, 0.6) is 0 Å². The van der Waals surface area contributed by atoms with E-state index >= 15 is 0 Å². The Kier molecular flexibility index (Phi) is 5.73. The lowest BCUT2D eigenvalue weighted by atomic mass is 10.1. The van der Waals surface area contributed by atoms with Crippen LogP contribution in [0.3, 0.4) is 0 Å².